The minimum Gasteiger partial charge on any atom is -0.494 e. The second-order valence-corrected chi connectivity index (χ2v) is 20.2. The second-order valence-electron chi connectivity index (χ2n) is 16.0. The lowest BCUT2D eigenvalue weighted by atomic mass is 10.2. The largest absolute Gasteiger partial charge is 0.494 e. The maximum Gasteiger partial charge on any atom is 0.213 e. The topological polar surface area (TPSA) is 325 Å². The van der Waals surface area contributed by atoms with E-state index >= 15 is 0 Å². The molecule has 0 unspecified atom stereocenters. The molecular formula is C50H48N12O12S2. The average molecular weight is 1070 g/mol. The minimum absolute atomic E-state index is 0.0485. The second kappa shape index (κ2) is 24.3. The van der Waals surface area contributed by atoms with Crippen LogP contribution < -0.4 is 28.4 Å². The van der Waals surface area contributed by atoms with Crippen LogP contribution in [-0.2, 0) is 31.2 Å². The van der Waals surface area contributed by atoms with Gasteiger partial charge in [-0.2, -0.15) is 10.5 Å². The van der Waals surface area contributed by atoms with Crippen molar-refractivity contribution in [2.75, 3.05) is 54.2 Å². The van der Waals surface area contributed by atoms with Crippen molar-refractivity contribution in [3.63, 3.8) is 0 Å². The first kappa shape index (κ1) is 54.7. The quantitative estimate of drug-likeness (QED) is 0.106. The van der Waals surface area contributed by atoms with E-state index in [1.54, 1.807) is 72.8 Å². The smallest absolute Gasteiger partial charge is 0.213 e. The summed E-state index contributed by atoms with van der Waals surface area (Å²) >= 11 is 0. The van der Waals surface area contributed by atoms with Gasteiger partial charge in [0.25, 0.3) is 0 Å². The van der Waals surface area contributed by atoms with Gasteiger partial charge in [0.15, 0.2) is 43.0 Å². The predicted octanol–water partition coefficient (Wildman–Crippen LogP) is 4.54. The van der Waals surface area contributed by atoms with Crippen LogP contribution in [0.3, 0.4) is 0 Å². The van der Waals surface area contributed by atoms with Crippen LogP contribution in [0.5, 0.6) is 34.8 Å². The number of rotatable bonds is 20. The summed E-state index contributed by atoms with van der Waals surface area (Å²) in [5.41, 5.74) is 2.33. The standard InChI is InChI=1S/2C25H24N6O6S/c2*1-35-20-7-5-8-21(36-2)24(20)31-22(29-30-25(31)18-6-4-9-23(28-18)37-3)15-38(33,34)14-19(32)17-11-10-16(12-26)13-27-17/h2*4-11,13,19,32H,14-15H2,1-3H3/t2*19-/m10/s1. The molecule has 2 aromatic carbocycles. The Labute approximate surface area is 436 Å². The molecule has 0 aliphatic carbocycles. The van der Waals surface area contributed by atoms with Crippen LogP contribution in [0.15, 0.2) is 109 Å². The van der Waals surface area contributed by atoms with Crippen LogP contribution in [-0.4, -0.2) is 131 Å². The summed E-state index contributed by atoms with van der Waals surface area (Å²) < 4.78 is 88.6. The van der Waals surface area contributed by atoms with Gasteiger partial charge in [-0.3, -0.25) is 19.1 Å². The Morgan fingerprint density at radius 1 is 0.500 bits per heavy atom. The number of methoxy groups -OCH3 is 6. The Morgan fingerprint density at radius 3 is 1.16 bits per heavy atom. The minimum atomic E-state index is -3.95. The van der Waals surface area contributed by atoms with Crippen molar-refractivity contribution in [3.05, 3.63) is 144 Å². The number of aromatic nitrogens is 10. The molecule has 0 aliphatic heterocycles. The molecule has 8 rings (SSSR count). The highest BCUT2D eigenvalue weighted by atomic mass is 32.2. The molecule has 6 aromatic heterocycles. The fourth-order valence-corrected chi connectivity index (χ4v) is 10.2. The molecule has 2 N–H and O–H groups in total. The summed E-state index contributed by atoms with van der Waals surface area (Å²) in [5, 5.41) is 55.8. The van der Waals surface area contributed by atoms with Crippen LogP contribution >= 0.6 is 0 Å². The molecule has 0 radical (unpaired) electrons. The molecule has 6 heterocycles. The molecule has 76 heavy (non-hydrogen) atoms. The Kier molecular flexibility index (Phi) is 17.5. The summed E-state index contributed by atoms with van der Waals surface area (Å²) in [4.78, 5) is 16.8. The molecule has 0 spiro atoms. The van der Waals surface area contributed by atoms with E-state index in [2.05, 4.69) is 40.3 Å². The van der Waals surface area contributed by atoms with E-state index in [0.717, 1.165) is 0 Å². The number of hydrogen-bond acceptors (Lipinski definition) is 22. The molecule has 392 valence electrons. The lowest BCUT2D eigenvalue weighted by Crippen LogP contribution is -2.19. The van der Waals surface area contributed by atoms with Gasteiger partial charge in [0.1, 0.15) is 81.6 Å². The van der Waals surface area contributed by atoms with Gasteiger partial charge in [-0.05, 0) is 60.7 Å². The Hall–Kier alpha value is -9.08. The van der Waals surface area contributed by atoms with Crippen LogP contribution in [0.1, 0.15) is 46.4 Å². The van der Waals surface area contributed by atoms with Crippen molar-refractivity contribution >= 4 is 19.7 Å². The maximum atomic E-state index is 13.2. The normalized spacial score (nSPS) is 12.0. The van der Waals surface area contributed by atoms with Crippen LogP contribution in [0.2, 0.25) is 0 Å². The van der Waals surface area contributed by atoms with Crippen LogP contribution in [0.4, 0.5) is 0 Å². The molecule has 2 atom stereocenters. The molecule has 0 amide bonds. The third kappa shape index (κ3) is 12.6. The predicted molar refractivity (Wildman–Crippen MR) is 271 cm³/mol. The van der Waals surface area contributed by atoms with Crippen LogP contribution in [0, 0.1) is 22.7 Å². The fourth-order valence-electron chi connectivity index (χ4n) is 7.53. The van der Waals surface area contributed by atoms with Gasteiger partial charge < -0.3 is 38.6 Å². The van der Waals surface area contributed by atoms with E-state index in [1.165, 1.54) is 88.5 Å². The third-order valence-electron chi connectivity index (χ3n) is 11.1. The molecule has 26 heteroatoms. The third-order valence-corrected chi connectivity index (χ3v) is 14.1. The van der Waals surface area contributed by atoms with Gasteiger partial charge in [-0.1, -0.05) is 24.3 Å². The highest BCUT2D eigenvalue weighted by Gasteiger charge is 2.30. The van der Waals surface area contributed by atoms with E-state index in [-0.39, 0.29) is 34.7 Å². The summed E-state index contributed by atoms with van der Waals surface area (Å²) in [6.45, 7) is 0. The van der Waals surface area contributed by atoms with E-state index in [9.17, 15) is 27.0 Å². The molecule has 0 saturated heterocycles. The molecule has 8 aromatic rings. The summed E-state index contributed by atoms with van der Waals surface area (Å²) in [7, 11) is 0.951. The number of aliphatic hydroxyl groups is 2. The first-order valence-electron chi connectivity index (χ1n) is 22.4. The number of pyridine rings is 4. The van der Waals surface area contributed by atoms with Crippen molar-refractivity contribution in [2.24, 2.45) is 0 Å². The number of benzene rings is 2. The Bertz CT molecular complexity index is 3360. The average Bonchev–Trinajstić information content (AvgIpc) is 4.05. The molecule has 0 bridgehead atoms. The number of hydrogen-bond donors (Lipinski definition) is 2. The van der Waals surface area contributed by atoms with Gasteiger partial charge in [0.05, 0.1) is 76.7 Å². The lowest BCUT2D eigenvalue weighted by Gasteiger charge is -2.17. The number of sulfone groups is 2. The van der Waals surface area contributed by atoms with E-state index < -0.39 is 54.9 Å². The van der Waals surface area contributed by atoms with E-state index in [4.69, 9.17) is 38.9 Å². The Balaban J connectivity index is 0.000000221. The zero-order valence-corrected chi connectivity index (χ0v) is 43.2. The van der Waals surface area contributed by atoms with Crippen LogP contribution in [0.25, 0.3) is 34.4 Å². The number of ether oxygens (including phenoxy) is 6. The lowest BCUT2D eigenvalue weighted by molar-refractivity contribution is 0.196. The first-order valence-corrected chi connectivity index (χ1v) is 26.1. The number of nitriles is 2. The fraction of sp³-hybridized carbons (Fsp3) is 0.240. The van der Waals surface area contributed by atoms with E-state index in [0.29, 0.717) is 68.6 Å². The number of aliphatic hydroxyl groups excluding tert-OH is 2. The van der Waals surface area contributed by atoms with Gasteiger partial charge in [-0.25, -0.2) is 26.8 Å². The summed E-state index contributed by atoms with van der Waals surface area (Å²) in [6.07, 6.45) is -0.291. The molecule has 24 nitrogen and oxygen atoms in total. The number of para-hydroxylation sites is 2. The van der Waals surface area contributed by atoms with Crippen molar-refractivity contribution in [1.82, 2.24) is 49.5 Å². The Morgan fingerprint density at radius 2 is 0.855 bits per heavy atom. The van der Waals surface area contributed by atoms with Crippen molar-refractivity contribution in [2.45, 2.75) is 23.7 Å². The van der Waals surface area contributed by atoms with Gasteiger partial charge >= 0.3 is 0 Å². The zero-order chi connectivity index (χ0) is 54.6. The monoisotopic (exact) mass is 1070 g/mol. The number of nitrogens with zero attached hydrogens (tertiary/aromatic N) is 12. The highest BCUT2D eigenvalue weighted by Crippen LogP contribution is 2.38. The van der Waals surface area contributed by atoms with Gasteiger partial charge in [-0.15, -0.1) is 20.4 Å². The molecule has 0 saturated carbocycles. The molecule has 0 fully saturated rings. The molecule has 0 aliphatic rings. The van der Waals surface area contributed by atoms with Crippen molar-refractivity contribution in [3.8, 4) is 81.3 Å². The van der Waals surface area contributed by atoms with Crippen molar-refractivity contribution < 1.29 is 55.5 Å². The highest BCUT2D eigenvalue weighted by molar-refractivity contribution is 7.90. The first-order chi connectivity index (χ1) is 36.6. The summed E-state index contributed by atoms with van der Waals surface area (Å²) in [5.74, 6) is 0.343. The van der Waals surface area contributed by atoms with E-state index in [1.807, 2.05) is 12.1 Å². The maximum absolute atomic E-state index is 13.2. The molecular weight excluding hydrogens is 1020 g/mol. The van der Waals surface area contributed by atoms with Gasteiger partial charge in [0.2, 0.25) is 11.8 Å². The van der Waals surface area contributed by atoms with Gasteiger partial charge in [0, 0.05) is 24.5 Å². The summed E-state index contributed by atoms with van der Waals surface area (Å²) in [6, 6.07) is 29.9. The zero-order valence-electron chi connectivity index (χ0n) is 41.5. The SMILES string of the molecule is COc1cccc(-c2nnc(CS(=O)(=O)C[C@@H](O)c3ccc(C#N)cn3)n2-c2c(OC)cccc2OC)n1.COc1cccc(-c2nnc(CS(=O)(=O)C[C@H](O)c3ccc(C#N)cn3)n2-c2c(OC)cccc2OC)n1. The van der Waals surface area contributed by atoms with Crippen molar-refractivity contribution in [1.29, 1.82) is 10.5 Å².